The number of rotatable bonds is 3. The zero-order valence-electron chi connectivity index (χ0n) is 15.3. The minimum absolute atomic E-state index is 0.144. The van der Waals surface area contributed by atoms with Gasteiger partial charge in [-0.05, 0) is 42.2 Å². The lowest BCUT2D eigenvalue weighted by Crippen LogP contribution is -2.64. The molecule has 0 radical (unpaired) electrons. The Morgan fingerprint density at radius 1 is 1.04 bits per heavy atom. The van der Waals surface area contributed by atoms with Crippen molar-refractivity contribution in [3.8, 4) is 0 Å². The summed E-state index contributed by atoms with van der Waals surface area (Å²) in [6.45, 7) is 3.83. The Morgan fingerprint density at radius 3 is 2.81 bits per heavy atom. The lowest BCUT2D eigenvalue weighted by Gasteiger charge is -2.53. The fourth-order valence-electron chi connectivity index (χ4n) is 4.48. The van der Waals surface area contributed by atoms with E-state index in [1.54, 1.807) is 6.20 Å². The molecule has 2 aliphatic rings. The summed E-state index contributed by atoms with van der Waals surface area (Å²) in [7, 11) is 0. The first kappa shape index (κ1) is 16.5. The molecule has 2 saturated heterocycles. The SMILES string of the molecule is O=C(c1ccc2ncccc2c1)N1CC[C@@H]2CN(Cc3ccccc3)[C@@H]2C1. The van der Waals surface area contributed by atoms with Gasteiger partial charge in [-0.25, -0.2) is 0 Å². The Balaban J connectivity index is 1.30. The maximum atomic E-state index is 13.1. The molecule has 3 heterocycles. The summed E-state index contributed by atoms with van der Waals surface area (Å²) < 4.78 is 0. The summed E-state index contributed by atoms with van der Waals surface area (Å²) in [5, 5.41) is 1.02. The summed E-state index contributed by atoms with van der Waals surface area (Å²) in [5.41, 5.74) is 3.05. The Bertz CT molecular complexity index is 972. The van der Waals surface area contributed by atoms with Crippen LogP contribution in [-0.4, -0.2) is 46.4 Å². The van der Waals surface area contributed by atoms with E-state index in [1.165, 1.54) is 5.56 Å². The van der Waals surface area contributed by atoms with Gasteiger partial charge in [-0.3, -0.25) is 14.7 Å². The van der Waals surface area contributed by atoms with Crippen molar-refractivity contribution in [2.45, 2.75) is 19.0 Å². The number of likely N-dealkylation sites (tertiary alicyclic amines) is 2. The van der Waals surface area contributed by atoms with Crippen LogP contribution in [0.2, 0.25) is 0 Å². The van der Waals surface area contributed by atoms with Gasteiger partial charge in [0.05, 0.1) is 5.52 Å². The van der Waals surface area contributed by atoms with E-state index in [1.807, 2.05) is 35.2 Å². The highest BCUT2D eigenvalue weighted by molar-refractivity contribution is 5.98. The second-order valence-electron chi connectivity index (χ2n) is 7.69. The van der Waals surface area contributed by atoms with Crippen LogP contribution in [0.15, 0.2) is 66.9 Å². The van der Waals surface area contributed by atoms with Crippen LogP contribution in [-0.2, 0) is 6.54 Å². The number of carbonyl (C=O) groups excluding carboxylic acids is 1. The Kier molecular flexibility index (Phi) is 4.13. The Morgan fingerprint density at radius 2 is 1.93 bits per heavy atom. The molecule has 0 aliphatic carbocycles. The second kappa shape index (κ2) is 6.78. The number of pyridine rings is 1. The van der Waals surface area contributed by atoms with E-state index >= 15 is 0 Å². The molecule has 1 aromatic heterocycles. The maximum Gasteiger partial charge on any atom is 0.253 e. The summed E-state index contributed by atoms with van der Waals surface area (Å²) in [5.74, 6) is 0.879. The third kappa shape index (κ3) is 3.10. The molecule has 2 aliphatic heterocycles. The van der Waals surface area contributed by atoms with E-state index in [-0.39, 0.29) is 5.91 Å². The van der Waals surface area contributed by atoms with Crippen LogP contribution < -0.4 is 0 Å². The molecular formula is C23H23N3O. The number of hydrogen-bond donors (Lipinski definition) is 0. The van der Waals surface area contributed by atoms with Gasteiger partial charge >= 0.3 is 0 Å². The van der Waals surface area contributed by atoms with Gasteiger partial charge in [-0.1, -0.05) is 36.4 Å². The number of piperidine rings is 1. The van der Waals surface area contributed by atoms with E-state index in [9.17, 15) is 4.79 Å². The number of aromatic nitrogens is 1. The van der Waals surface area contributed by atoms with Crippen LogP contribution in [0.3, 0.4) is 0 Å². The average molecular weight is 357 g/mol. The normalized spacial score (nSPS) is 22.3. The van der Waals surface area contributed by atoms with Gasteiger partial charge in [-0.2, -0.15) is 0 Å². The van der Waals surface area contributed by atoms with Gasteiger partial charge < -0.3 is 4.90 Å². The van der Waals surface area contributed by atoms with E-state index in [0.29, 0.717) is 6.04 Å². The number of benzene rings is 2. The molecule has 1 amide bonds. The van der Waals surface area contributed by atoms with E-state index < -0.39 is 0 Å². The summed E-state index contributed by atoms with van der Waals surface area (Å²) >= 11 is 0. The van der Waals surface area contributed by atoms with Crippen molar-refractivity contribution in [3.63, 3.8) is 0 Å². The topological polar surface area (TPSA) is 36.4 Å². The predicted octanol–water partition coefficient (Wildman–Crippen LogP) is 3.58. The fourth-order valence-corrected chi connectivity index (χ4v) is 4.48. The summed E-state index contributed by atoms with van der Waals surface area (Å²) in [6, 6.07) is 20.9. The van der Waals surface area contributed by atoms with Crippen molar-refractivity contribution in [3.05, 3.63) is 78.0 Å². The molecule has 3 aromatic rings. The van der Waals surface area contributed by atoms with Crippen LogP contribution in [0.1, 0.15) is 22.3 Å². The standard InChI is InChI=1S/C23H23N3O/c27-23(19-8-9-21-18(13-19)7-4-11-24-21)25-12-10-20-15-26(22(20)16-25)14-17-5-2-1-3-6-17/h1-9,11,13,20,22H,10,12,14-16H2/t20-,22-/m1/s1. The molecule has 0 saturated carbocycles. The van der Waals surface area contributed by atoms with Crippen molar-refractivity contribution in [2.75, 3.05) is 19.6 Å². The molecule has 0 bridgehead atoms. The van der Waals surface area contributed by atoms with Gasteiger partial charge in [0.25, 0.3) is 5.91 Å². The van der Waals surface area contributed by atoms with Gasteiger partial charge in [0.2, 0.25) is 0 Å². The van der Waals surface area contributed by atoms with Crippen LogP contribution in [0, 0.1) is 5.92 Å². The van der Waals surface area contributed by atoms with Crippen LogP contribution >= 0.6 is 0 Å². The first-order chi connectivity index (χ1) is 13.3. The smallest absolute Gasteiger partial charge is 0.253 e. The van der Waals surface area contributed by atoms with Crippen molar-refractivity contribution >= 4 is 16.8 Å². The van der Waals surface area contributed by atoms with E-state index in [0.717, 1.165) is 55.0 Å². The number of fused-ring (bicyclic) bond motifs is 2. The fraction of sp³-hybridized carbons (Fsp3) is 0.304. The Labute approximate surface area is 159 Å². The molecular weight excluding hydrogens is 334 g/mol. The van der Waals surface area contributed by atoms with E-state index in [4.69, 9.17) is 0 Å². The van der Waals surface area contributed by atoms with Gasteiger partial charge in [-0.15, -0.1) is 0 Å². The van der Waals surface area contributed by atoms with Crippen LogP contribution in [0.4, 0.5) is 0 Å². The molecule has 2 aromatic carbocycles. The summed E-state index contributed by atoms with van der Waals surface area (Å²) in [6.07, 6.45) is 2.89. The molecule has 0 N–H and O–H groups in total. The third-order valence-corrected chi connectivity index (χ3v) is 6.03. The van der Waals surface area contributed by atoms with Crippen LogP contribution in [0.25, 0.3) is 10.9 Å². The Hall–Kier alpha value is -2.72. The quantitative estimate of drug-likeness (QED) is 0.719. The van der Waals surface area contributed by atoms with Crippen molar-refractivity contribution < 1.29 is 4.79 Å². The maximum absolute atomic E-state index is 13.1. The summed E-state index contributed by atoms with van der Waals surface area (Å²) in [4.78, 5) is 22.0. The molecule has 4 nitrogen and oxygen atoms in total. The first-order valence-electron chi connectivity index (χ1n) is 9.70. The van der Waals surface area contributed by atoms with Gasteiger partial charge in [0, 0.05) is 49.4 Å². The zero-order valence-corrected chi connectivity index (χ0v) is 15.3. The van der Waals surface area contributed by atoms with Gasteiger partial charge in [0.1, 0.15) is 0 Å². The predicted molar refractivity (Wildman–Crippen MR) is 106 cm³/mol. The molecule has 0 spiro atoms. The van der Waals surface area contributed by atoms with Crippen molar-refractivity contribution in [2.24, 2.45) is 5.92 Å². The highest BCUT2D eigenvalue weighted by Crippen LogP contribution is 2.34. The van der Waals surface area contributed by atoms with Gasteiger partial charge in [0.15, 0.2) is 0 Å². The van der Waals surface area contributed by atoms with E-state index in [2.05, 4.69) is 40.2 Å². The molecule has 136 valence electrons. The highest BCUT2D eigenvalue weighted by atomic mass is 16.2. The molecule has 0 unspecified atom stereocenters. The average Bonchev–Trinajstić information content (AvgIpc) is 2.72. The third-order valence-electron chi connectivity index (χ3n) is 6.03. The molecule has 5 rings (SSSR count). The number of nitrogens with zero attached hydrogens (tertiary/aromatic N) is 3. The van der Waals surface area contributed by atoms with Crippen molar-refractivity contribution in [1.29, 1.82) is 0 Å². The zero-order chi connectivity index (χ0) is 18.2. The molecule has 2 atom stereocenters. The number of carbonyl (C=O) groups is 1. The van der Waals surface area contributed by atoms with Crippen molar-refractivity contribution in [1.82, 2.24) is 14.8 Å². The lowest BCUT2D eigenvalue weighted by molar-refractivity contribution is -0.0427. The minimum Gasteiger partial charge on any atom is -0.337 e. The lowest BCUT2D eigenvalue weighted by atomic mass is 9.81. The molecule has 27 heavy (non-hydrogen) atoms. The van der Waals surface area contributed by atoms with Crippen LogP contribution in [0.5, 0.6) is 0 Å². The minimum atomic E-state index is 0.144. The molecule has 2 fully saturated rings. The largest absolute Gasteiger partial charge is 0.337 e. The molecule has 4 heteroatoms. The monoisotopic (exact) mass is 357 g/mol. The highest BCUT2D eigenvalue weighted by Gasteiger charge is 2.43. The number of amides is 1. The number of hydrogen-bond acceptors (Lipinski definition) is 3. The first-order valence-corrected chi connectivity index (χ1v) is 9.70. The second-order valence-corrected chi connectivity index (χ2v) is 7.69.